The highest BCUT2D eigenvalue weighted by molar-refractivity contribution is 6.35. The molecule has 0 saturated carbocycles. The molecule has 1 heterocycles. The molecular weight excluding hydrogens is 202 g/mol. The maximum absolute atomic E-state index is 11.5. The molecule has 1 amide bonds. The first-order valence-corrected chi connectivity index (χ1v) is 4.45. The van der Waals surface area contributed by atoms with Gasteiger partial charge in [0.25, 0.3) is 5.91 Å². The molecule has 0 spiro atoms. The number of H-pyrrole nitrogens is 1. The average molecular weight is 210 g/mol. The summed E-state index contributed by atoms with van der Waals surface area (Å²) in [6.45, 7) is 0. The van der Waals surface area contributed by atoms with Gasteiger partial charge in [0, 0.05) is 12.4 Å². The van der Waals surface area contributed by atoms with E-state index in [0.717, 1.165) is 10.9 Å². The molecule has 5 heteroatoms. The summed E-state index contributed by atoms with van der Waals surface area (Å²) in [5.74, 6) is -0.206. The van der Waals surface area contributed by atoms with E-state index >= 15 is 0 Å². The fourth-order valence-electron chi connectivity index (χ4n) is 1.35. The predicted octanol–water partition coefficient (Wildman–Crippen LogP) is 1.58. The summed E-state index contributed by atoms with van der Waals surface area (Å²) >= 11 is 5.93. The van der Waals surface area contributed by atoms with Gasteiger partial charge in [-0.05, 0) is 12.1 Å². The van der Waals surface area contributed by atoms with Crippen LogP contribution in [0.2, 0.25) is 5.02 Å². The first-order chi connectivity index (χ1) is 6.74. The molecule has 2 N–H and O–H groups in total. The lowest BCUT2D eigenvalue weighted by Crippen LogP contribution is -2.18. The summed E-state index contributed by atoms with van der Waals surface area (Å²) in [5.41, 5.74) is 1.26. The third-order valence-corrected chi connectivity index (χ3v) is 2.34. The predicted molar refractivity (Wildman–Crippen MR) is 54.5 cm³/mol. The van der Waals surface area contributed by atoms with Crippen LogP contribution in [0, 0.1) is 0 Å². The van der Waals surface area contributed by atoms with Gasteiger partial charge in [0.1, 0.15) is 0 Å². The number of carbonyl (C=O) groups is 1. The molecule has 14 heavy (non-hydrogen) atoms. The summed E-state index contributed by atoms with van der Waals surface area (Å²) in [5, 5.41) is 10.3. The van der Waals surface area contributed by atoms with Crippen molar-refractivity contribution in [2.45, 2.75) is 0 Å². The van der Waals surface area contributed by atoms with Gasteiger partial charge in [-0.2, -0.15) is 5.10 Å². The van der Waals surface area contributed by atoms with Gasteiger partial charge in [-0.3, -0.25) is 9.89 Å². The zero-order valence-corrected chi connectivity index (χ0v) is 8.22. The van der Waals surface area contributed by atoms with E-state index in [1.807, 2.05) is 0 Å². The molecule has 72 valence electrons. The smallest absolute Gasteiger partial charge is 0.253 e. The molecule has 0 radical (unpaired) electrons. The number of carbonyl (C=O) groups excluding carboxylic acids is 1. The number of amides is 1. The van der Waals surface area contributed by atoms with Gasteiger partial charge in [-0.15, -0.1) is 0 Å². The number of hydrogen-bond donors (Lipinski definition) is 2. The molecule has 2 aromatic rings. The average Bonchev–Trinajstić information content (AvgIpc) is 2.64. The Morgan fingerprint density at radius 3 is 3.07 bits per heavy atom. The Balaban J connectivity index is 2.76. The van der Waals surface area contributed by atoms with E-state index in [1.165, 1.54) is 0 Å². The minimum absolute atomic E-state index is 0.206. The Labute approximate surface area is 85.3 Å². The van der Waals surface area contributed by atoms with E-state index in [0.29, 0.717) is 10.6 Å². The molecule has 0 saturated heterocycles. The Kier molecular flexibility index (Phi) is 2.13. The van der Waals surface area contributed by atoms with Crippen LogP contribution < -0.4 is 5.32 Å². The summed E-state index contributed by atoms with van der Waals surface area (Å²) in [4.78, 5) is 11.5. The second-order valence-corrected chi connectivity index (χ2v) is 3.24. The van der Waals surface area contributed by atoms with E-state index in [9.17, 15) is 4.79 Å². The first kappa shape index (κ1) is 9.02. The lowest BCUT2D eigenvalue weighted by Gasteiger charge is -2.03. The first-order valence-electron chi connectivity index (χ1n) is 4.07. The summed E-state index contributed by atoms with van der Waals surface area (Å²) in [6, 6.07) is 3.46. The van der Waals surface area contributed by atoms with Crippen LogP contribution in [0.1, 0.15) is 10.4 Å². The van der Waals surface area contributed by atoms with Gasteiger partial charge in [0.15, 0.2) is 0 Å². The normalized spacial score (nSPS) is 10.4. The highest BCUT2D eigenvalue weighted by Crippen LogP contribution is 2.24. The van der Waals surface area contributed by atoms with Gasteiger partial charge in [-0.1, -0.05) is 11.6 Å². The van der Waals surface area contributed by atoms with Crippen LogP contribution in [0.15, 0.2) is 18.3 Å². The lowest BCUT2D eigenvalue weighted by molar-refractivity contribution is 0.0965. The number of aromatic nitrogens is 2. The van der Waals surface area contributed by atoms with E-state index in [4.69, 9.17) is 11.6 Å². The van der Waals surface area contributed by atoms with E-state index in [2.05, 4.69) is 15.5 Å². The second kappa shape index (κ2) is 3.31. The number of rotatable bonds is 1. The minimum Gasteiger partial charge on any atom is -0.355 e. The number of fused-ring (bicyclic) bond motifs is 1. The molecule has 0 aliphatic heterocycles. The fraction of sp³-hybridized carbons (Fsp3) is 0.111. The Morgan fingerprint density at radius 1 is 1.57 bits per heavy atom. The lowest BCUT2D eigenvalue weighted by atomic mass is 10.1. The molecule has 0 fully saturated rings. The molecule has 0 aliphatic rings. The molecule has 2 rings (SSSR count). The third kappa shape index (κ3) is 1.24. The van der Waals surface area contributed by atoms with Gasteiger partial charge in [0.2, 0.25) is 0 Å². The van der Waals surface area contributed by atoms with Crippen LogP contribution in [0.25, 0.3) is 10.9 Å². The summed E-state index contributed by atoms with van der Waals surface area (Å²) in [6.07, 6.45) is 1.59. The number of nitrogens with one attached hydrogen (secondary N) is 2. The highest BCUT2D eigenvalue weighted by Gasteiger charge is 2.13. The molecular formula is C9H8ClN3O. The summed E-state index contributed by atoms with van der Waals surface area (Å²) in [7, 11) is 1.57. The van der Waals surface area contributed by atoms with E-state index < -0.39 is 0 Å². The van der Waals surface area contributed by atoms with Gasteiger partial charge >= 0.3 is 0 Å². The van der Waals surface area contributed by atoms with Crippen molar-refractivity contribution in [3.05, 3.63) is 28.9 Å². The number of hydrogen-bond acceptors (Lipinski definition) is 2. The zero-order chi connectivity index (χ0) is 10.1. The fourth-order valence-corrected chi connectivity index (χ4v) is 1.60. The van der Waals surface area contributed by atoms with Crippen molar-refractivity contribution in [3.8, 4) is 0 Å². The van der Waals surface area contributed by atoms with Crippen molar-refractivity contribution < 1.29 is 4.79 Å². The van der Waals surface area contributed by atoms with Crippen molar-refractivity contribution >= 4 is 28.4 Å². The van der Waals surface area contributed by atoms with Crippen molar-refractivity contribution in [2.24, 2.45) is 0 Å². The molecule has 1 aromatic heterocycles. The second-order valence-electron chi connectivity index (χ2n) is 2.83. The van der Waals surface area contributed by atoms with E-state index in [-0.39, 0.29) is 5.91 Å². The molecule has 4 nitrogen and oxygen atoms in total. The van der Waals surface area contributed by atoms with Crippen LogP contribution in [-0.4, -0.2) is 23.2 Å². The SMILES string of the molecule is CNC(=O)c1c(Cl)ccc2[nH]ncc12. The maximum Gasteiger partial charge on any atom is 0.253 e. The molecule has 0 unspecified atom stereocenters. The number of benzene rings is 1. The molecule has 1 aromatic carbocycles. The van der Waals surface area contributed by atoms with Crippen LogP contribution in [-0.2, 0) is 0 Å². The van der Waals surface area contributed by atoms with Gasteiger partial charge in [0.05, 0.1) is 22.3 Å². The topological polar surface area (TPSA) is 57.8 Å². The van der Waals surface area contributed by atoms with E-state index in [1.54, 1.807) is 25.4 Å². The van der Waals surface area contributed by atoms with Crippen LogP contribution in [0.5, 0.6) is 0 Å². The standard InChI is InChI=1S/C9H8ClN3O/c1-11-9(14)8-5-4-12-13-7(5)3-2-6(8)10/h2-4H,1H3,(H,11,14)(H,12,13). The number of halogens is 1. The number of nitrogens with zero attached hydrogens (tertiary/aromatic N) is 1. The van der Waals surface area contributed by atoms with Crippen molar-refractivity contribution in [1.29, 1.82) is 0 Å². The summed E-state index contributed by atoms with van der Waals surface area (Å²) < 4.78 is 0. The molecule has 0 bridgehead atoms. The molecule has 0 atom stereocenters. The highest BCUT2D eigenvalue weighted by atomic mass is 35.5. The van der Waals surface area contributed by atoms with Crippen LogP contribution >= 0.6 is 11.6 Å². The monoisotopic (exact) mass is 209 g/mol. The zero-order valence-electron chi connectivity index (χ0n) is 7.47. The maximum atomic E-state index is 11.5. The largest absolute Gasteiger partial charge is 0.355 e. The van der Waals surface area contributed by atoms with Crippen LogP contribution in [0.4, 0.5) is 0 Å². The quantitative estimate of drug-likeness (QED) is 0.749. The molecule has 0 aliphatic carbocycles. The Morgan fingerprint density at radius 2 is 2.36 bits per heavy atom. The van der Waals surface area contributed by atoms with Gasteiger partial charge in [-0.25, -0.2) is 0 Å². The Bertz CT molecular complexity index is 492. The van der Waals surface area contributed by atoms with Crippen molar-refractivity contribution in [1.82, 2.24) is 15.5 Å². The number of aromatic amines is 1. The van der Waals surface area contributed by atoms with Gasteiger partial charge < -0.3 is 5.32 Å². The van der Waals surface area contributed by atoms with Crippen molar-refractivity contribution in [2.75, 3.05) is 7.05 Å². The minimum atomic E-state index is -0.206. The van der Waals surface area contributed by atoms with Crippen molar-refractivity contribution in [3.63, 3.8) is 0 Å². The third-order valence-electron chi connectivity index (χ3n) is 2.03. The van der Waals surface area contributed by atoms with Crippen LogP contribution in [0.3, 0.4) is 0 Å². The Hall–Kier alpha value is -1.55.